The van der Waals surface area contributed by atoms with Gasteiger partial charge in [0.05, 0.1) is 23.1 Å². The second-order valence-corrected chi connectivity index (χ2v) is 8.02. The number of alkyl carbamates (subject to hydrolysis) is 1. The van der Waals surface area contributed by atoms with E-state index in [1.54, 1.807) is 20.8 Å². The van der Waals surface area contributed by atoms with Crippen LogP contribution in [0.3, 0.4) is 0 Å². The first kappa shape index (κ1) is 20.4. The van der Waals surface area contributed by atoms with Gasteiger partial charge < -0.3 is 20.5 Å². The second kappa shape index (κ2) is 8.17. The van der Waals surface area contributed by atoms with Crippen LogP contribution in [0, 0.1) is 10.1 Å². The van der Waals surface area contributed by atoms with Gasteiger partial charge in [0.25, 0.3) is 0 Å². The SMILES string of the molecule is CC(C)(C)OC(=O)NC1CCCC(Nc2cc(Br)ncc2[N+](=O)[O-])C1O. The van der Waals surface area contributed by atoms with Crippen molar-refractivity contribution in [3.05, 3.63) is 27.0 Å². The van der Waals surface area contributed by atoms with Crippen LogP contribution in [0.4, 0.5) is 16.2 Å². The molecule has 0 aromatic carbocycles. The summed E-state index contributed by atoms with van der Waals surface area (Å²) in [7, 11) is 0. The molecule has 3 atom stereocenters. The molecule has 0 saturated heterocycles. The maximum absolute atomic E-state index is 12.0. The quantitative estimate of drug-likeness (QED) is 0.380. The van der Waals surface area contributed by atoms with Crippen LogP contribution < -0.4 is 10.6 Å². The van der Waals surface area contributed by atoms with Gasteiger partial charge in [0.2, 0.25) is 0 Å². The van der Waals surface area contributed by atoms with Crippen molar-refractivity contribution in [1.29, 1.82) is 0 Å². The number of hydrogen-bond acceptors (Lipinski definition) is 7. The molecular formula is C16H23BrN4O5. The predicted octanol–water partition coefficient (Wildman–Crippen LogP) is 2.97. The molecule has 3 N–H and O–H groups in total. The number of ether oxygens (including phenoxy) is 1. The van der Waals surface area contributed by atoms with Crippen molar-refractivity contribution < 1.29 is 19.6 Å². The van der Waals surface area contributed by atoms with Crippen LogP contribution in [0.25, 0.3) is 0 Å². The number of anilines is 1. The summed E-state index contributed by atoms with van der Waals surface area (Å²) < 4.78 is 5.67. The summed E-state index contributed by atoms with van der Waals surface area (Å²) in [5.74, 6) is 0. The minimum absolute atomic E-state index is 0.178. The highest BCUT2D eigenvalue weighted by Gasteiger charge is 2.34. The zero-order valence-electron chi connectivity index (χ0n) is 14.9. The minimum Gasteiger partial charge on any atom is -0.444 e. The Kier molecular flexibility index (Phi) is 6.40. The lowest BCUT2D eigenvalue weighted by Crippen LogP contribution is -2.54. The fourth-order valence-electron chi connectivity index (χ4n) is 2.84. The van der Waals surface area contributed by atoms with Crippen LogP contribution in [0.15, 0.2) is 16.9 Å². The number of nitro groups is 1. The zero-order chi connectivity index (χ0) is 19.5. The van der Waals surface area contributed by atoms with Crippen molar-refractivity contribution in [2.45, 2.75) is 63.8 Å². The Morgan fingerprint density at radius 1 is 1.42 bits per heavy atom. The molecule has 144 valence electrons. The molecule has 2 rings (SSSR count). The number of pyridine rings is 1. The maximum Gasteiger partial charge on any atom is 0.407 e. The molecule has 1 aromatic heterocycles. The molecule has 1 aromatic rings. The van der Waals surface area contributed by atoms with Crippen LogP contribution in [0.2, 0.25) is 0 Å². The highest BCUT2D eigenvalue weighted by molar-refractivity contribution is 9.10. The lowest BCUT2D eigenvalue weighted by atomic mass is 9.88. The molecule has 0 radical (unpaired) electrons. The van der Waals surface area contributed by atoms with Crippen molar-refractivity contribution in [2.75, 3.05) is 5.32 Å². The fourth-order valence-corrected chi connectivity index (χ4v) is 3.17. The van der Waals surface area contributed by atoms with E-state index in [0.717, 1.165) is 12.6 Å². The summed E-state index contributed by atoms with van der Waals surface area (Å²) in [5, 5.41) is 27.5. The van der Waals surface area contributed by atoms with Crippen molar-refractivity contribution in [1.82, 2.24) is 10.3 Å². The summed E-state index contributed by atoms with van der Waals surface area (Å²) >= 11 is 3.19. The number of aromatic nitrogens is 1. The first-order chi connectivity index (χ1) is 12.1. The van der Waals surface area contributed by atoms with Gasteiger partial charge in [-0.05, 0) is 56.0 Å². The number of amides is 1. The van der Waals surface area contributed by atoms with E-state index in [0.29, 0.717) is 17.4 Å². The van der Waals surface area contributed by atoms with E-state index in [9.17, 15) is 20.0 Å². The van der Waals surface area contributed by atoms with Crippen molar-refractivity contribution in [3.63, 3.8) is 0 Å². The fraction of sp³-hybridized carbons (Fsp3) is 0.625. The molecule has 0 bridgehead atoms. The molecule has 1 saturated carbocycles. The summed E-state index contributed by atoms with van der Waals surface area (Å²) in [5.41, 5.74) is -0.549. The molecule has 0 aliphatic heterocycles. The van der Waals surface area contributed by atoms with Crippen molar-refractivity contribution in [2.24, 2.45) is 0 Å². The molecule has 9 nitrogen and oxygen atoms in total. The predicted molar refractivity (Wildman–Crippen MR) is 99.0 cm³/mol. The molecule has 0 spiro atoms. The van der Waals surface area contributed by atoms with E-state index in [4.69, 9.17) is 4.74 Å². The van der Waals surface area contributed by atoms with Gasteiger partial charge in [-0.3, -0.25) is 10.1 Å². The molecule has 3 unspecified atom stereocenters. The van der Waals surface area contributed by atoms with E-state index in [-0.39, 0.29) is 11.4 Å². The number of carbonyl (C=O) groups excluding carboxylic acids is 1. The number of nitrogens with zero attached hydrogens (tertiary/aromatic N) is 2. The molecule has 1 heterocycles. The number of halogens is 1. The summed E-state index contributed by atoms with van der Waals surface area (Å²) in [4.78, 5) is 26.5. The monoisotopic (exact) mass is 430 g/mol. The minimum atomic E-state index is -0.914. The largest absolute Gasteiger partial charge is 0.444 e. The van der Waals surface area contributed by atoms with E-state index in [2.05, 4.69) is 31.5 Å². The average Bonchev–Trinajstić information content (AvgIpc) is 2.49. The Hall–Kier alpha value is -1.94. The maximum atomic E-state index is 12.0. The zero-order valence-corrected chi connectivity index (χ0v) is 16.4. The highest BCUT2D eigenvalue weighted by Crippen LogP contribution is 2.30. The van der Waals surface area contributed by atoms with Crippen LogP contribution in [-0.4, -0.2) is 44.9 Å². The van der Waals surface area contributed by atoms with Gasteiger partial charge in [0.1, 0.15) is 22.1 Å². The number of rotatable bonds is 4. The smallest absolute Gasteiger partial charge is 0.407 e. The second-order valence-electron chi connectivity index (χ2n) is 7.21. The highest BCUT2D eigenvalue weighted by atomic mass is 79.9. The normalized spacial score (nSPS) is 23.2. The van der Waals surface area contributed by atoms with E-state index in [1.165, 1.54) is 6.07 Å². The van der Waals surface area contributed by atoms with Gasteiger partial charge in [-0.25, -0.2) is 9.78 Å². The molecule has 1 fully saturated rings. The Morgan fingerprint density at radius 2 is 2.08 bits per heavy atom. The summed E-state index contributed by atoms with van der Waals surface area (Å²) in [6, 6.07) is 0.549. The Morgan fingerprint density at radius 3 is 2.69 bits per heavy atom. The third-order valence-electron chi connectivity index (χ3n) is 3.94. The Bertz CT molecular complexity index is 679. The molecule has 1 aliphatic carbocycles. The van der Waals surface area contributed by atoms with E-state index in [1.807, 2.05) is 0 Å². The third kappa shape index (κ3) is 5.53. The van der Waals surface area contributed by atoms with Crippen LogP contribution in [0.1, 0.15) is 40.0 Å². The van der Waals surface area contributed by atoms with Gasteiger partial charge in [-0.15, -0.1) is 0 Å². The van der Waals surface area contributed by atoms with Crippen LogP contribution in [-0.2, 0) is 4.74 Å². The van der Waals surface area contributed by atoms with Gasteiger partial charge in [-0.1, -0.05) is 0 Å². The summed E-state index contributed by atoms with van der Waals surface area (Å²) in [6.45, 7) is 5.28. The molecule has 1 aliphatic rings. The van der Waals surface area contributed by atoms with Gasteiger partial charge >= 0.3 is 11.8 Å². The summed E-state index contributed by atoms with van der Waals surface area (Å²) in [6.07, 6.45) is 1.60. The average molecular weight is 431 g/mol. The van der Waals surface area contributed by atoms with E-state index >= 15 is 0 Å². The van der Waals surface area contributed by atoms with Crippen molar-refractivity contribution >= 4 is 33.4 Å². The standard InChI is InChI=1S/C16H23BrN4O5/c1-16(2,3)26-15(23)20-10-6-4-5-9(14(10)22)19-11-7-13(17)18-8-12(11)21(24)25/h7-10,14,22H,4-6H2,1-3H3,(H,18,19)(H,20,23). The lowest BCUT2D eigenvalue weighted by molar-refractivity contribution is -0.384. The number of aliphatic hydroxyl groups is 1. The van der Waals surface area contributed by atoms with Crippen LogP contribution in [0.5, 0.6) is 0 Å². The number of hydrogen-bond donors (Lipinski definition) is 3. The Labute approximate surface area is 159 Å². The Balaban J connectivity index is 2.08. The number of nitrogens with one attached hydrogen (secondary N) is 2. The van der Waals surface area contributed by atoms with Crippen LogP contribution >= 0.6 is 15.9 Å². The molecular weight excluding hydrogens is 408 g/mol. The first-order valence-electron chi connectivity index (χ1n) is 8.31. The number of carbonyl (C=O) groups is 1. The molecule has 1 amide bonds. The topological polar surface area (TPSA) is 127 Å². The van der Waals surface area contributed by atoms with Crippen molar-refractivity contribution in [3.8, 4) is 0 Å². The third-order valence-corrected chi connectivity index (χ3v) is 4.38. The molecule has 10 heteroatoms. The van der Waals surface area contributed by atoms with Gasteiger partial charge in [0, 0.05) is 6.07 Å². The number of aliphatic hydroxyl groups excluding tert-OH is 1. The first-order valence-corrected chi connectivity index (χ1v) is 9.10. The van der Waals surface area contributed by atoms with E-state index < -0.39 is 34.8 Å². The van der Waals surface area contributed by atoms with Gasteiger partial charge in [-0.2, -0.15) is 0 Å². The lowest BCUT2D eigenvalue weighted by Gasteiger charge is -2.36. The molecule has 26 heavy (non-hydrogen) atoms. The van der Waals surface area contributed by atoms with Gasteiger partial charge in [0.15, 0.2) is 0 Å².